The van der Waals surface area contributed by atoms with E-state index in [0.717, 1.165) is 44.8 Å². The zero-order valence-electron chi connectivity index (χ0n) is 10.7. The van der Waals surface area contributed by atoms with Crippen LogP contribution >= 0.6 is 0 Å². The third-order valence-electron chi connectivity index (χ3n) is 3.66. The van der Waals surface area contributed by atoms with Crippen LogP contribution in [-0.2, 0) is 13.1 Å². The second-order valence-electron chi connectivity index (χ2n) is 4.75. The fraction of sp³-hybridized carbons (Fsp3) is 0.833. The lowest BCUT2D eigenvalue weighted by Gasteiger charge is -2.35. The summed E-state index contributed by atoms with van der Waals surface area (Å²) in [5.41, 5.74) is 0. The Kier molecular flexibility index (Phi) is 4.12. The topological polar surface area (TPSA) is 54.2 Å². The molecule has 2 rings (SSSR count). The van der Waals surface area contributed by atoms with E-state index in [1.54, 1.807) is 6.33 Å². The first-order valence-corrected chi connectivity index (χ1v) is 6.51. The molecule has 1 aromatic rings. The Morgan fingerprint density at radius 2 is 2.29 bits per heavy atom. The molecule has 5 heteroatoms. The molecule has 2 atom stereocenters. The zero-order chi connectivity index (χ0) is 12.3. The first kappa shape index (κ1) is 12.5. The summed E-state index contributed by atoms with van der Waals surface area (Å²) in [5, 5.41) is 14.0. The van der Waals surface area contributed by atoms with Gasteiger partial charge in [-0.1, -0.05) is 6.92 Å². The molecule has 0 aliphatic carbocycles. The number of nitrogens with zero attached hydrogens (tertiary/aromatic N) is 4. The van der Waals surface area contributed by atoms with Crippen molar-refractivity contribution in [3.05, 3.63) is 12.2 Å². The van der Waals surface area contributed by atoms with Crippen LogP contribution in [0.1, 0.15) is 32.5 Å². The van der Waals surface area contributed by atoms with Gasteiger partial charge in [-0.15, -0.1) is 0 Å². The van der Waals surface area contributed by atoms with Gasteiger partial charge in [-0.25, -0.2) is 9.67 Å². The van der Waals surface area contributed by atoms with E-state index in [2.05, 4.69) is 28.8 Å². The van der Waals surface area contributed by atoms with Gasteiger partial charge in [-0.3, -0.25) is 4.90 Å². The van der Waals surface area contributed by atoms with Crippen LogP contribution in [0.25, 0.3) is 0 Å². The fourth-order valence-corrected chi connectivity index (χ4v) is 2.51. The van der Waals surface area contributed by atoms with Crippen molar-refractivity contribution in [1.29, 1.82) is 0 Å². The minimum absolute atomic E-state index is 0.125. The van der Waals surface area contributed by atoms with Gasteiger partial charge in [0.1, 0.15) is 12.2 Å². The van der Waals surface area contributed by atoms with Crippen LogP contribution < -0.4 is 0 Å². The van der Waals surface area contributed by atoms with Crippen molar-refractivity contribution < 1.29 is 5.11 Å². The van der Waals surface area contributed by atoms with Crippen LogP contribution in [0.3, 0.4) is 0 Å². The molecule has 1 N–H and O–H groups in total. The lowest BCUT2D eigenvalue weighted by atomic mass is 9.92. The summed E-state index contributed by atoms with van der Waals surface area (Å²) in [6.07, 6.45) is 3.41. The van der Waals surface area contributed by atoms with Crippen LogP contribution in [-0.4, -0.2) is 44.0 Å². The summed E-state index contributed by atoms with van der Waals surface area (Å²) in [7, 11) is 0. The number of aryl methyl sites for hydroxylation is 1. The predicted molar refractivity (Wildman–Crippen MR) is 65.4 cm³/mol. The average molecular weight is 238 g/mol. The van der Waals surface area contributed by atoms with E-state index in [9.17, 15) is 5.11 Å². The molecule has 5 nitrogen and oxygen atoms in total. The quantitative estimate of drug-likeness (QED) is 0.846. The molecule has 0 bridgehead atoms. The first-order valence-electron chi connectivity index (χ1n) is 6.51. The highest BCUT2D eigenvalue weighted by atomic mass is 16.3. The van der Waals surface area contributed by atoms with E-state index < -0.39 is 0 Å². The second-order valence-corrected chi connectivity index (χ2v) is 4.75. The highest BCUT2D eigenvalue weighted by Gasteiger charge is 2.26. The molecule has 96 valence electrons. The SMILES string of the molecule is CCC1CN(Cc2ncnn2CC)CCC1O. The third kappa shape index (κ3) is 2.84. The van der Waals surface area contributed by atoms with Gasteiger partial charge >= 0.3 is 0 Å². The lowest BCUT2D eigenvalue weighted by Crippen LogP contribution is -2.42. The maximum atomic E-state index is 9.85. The number of hydrogen-bond donors (Lipinski definition) is 1. The van der Waals surface area contributed by atoms with Crippen molar-refractivity contribution in [3.8, 4) is 0 Å². The molecule has 2 unspecified atom stereocenters. The molecule has 1 saturated heterocycles. The molecule has 1 fully saturated rings. The van der Waals surface area contributed by atoms with Gasteiger partial charge < -0.3 is 5.11 Å². The number of piperidine rings is 1. The van der Waals surface area contributed by atoms with Gasteiger partial charge in [0.15, 0.2) is 0 Å². The van der Waals surface area contributed by atoms with Crippen LogP contribution in [0.4, 0.5) is 0 Å². The third-order valence-corrected chi connectivity index (χ3v) is 3.66. The van der Waals surface area contributed by atoms with Gasteiger partial charge in [-0.2, -0.15) is 5.10 Å². The fourth-order valence-electron chi connectivity index (χ4n) is 2.51. The number of rotatable bonds is 4. The van der Waals surface area contributed by atoms with Crippen molar-refractivity contribution in [2.24, 2.45) is 5.92 Å². The monoisotopic (exact) mass is 238 g/mol. The lowest BCUT2D eigenvalue weighted by molar-refractivity contribution is 0.0208. The van der Waals surface area contributed by atoms with Gasteiger partial charge in [-0.05, 0) is 25.7 Å². The molecule has 0 amide bonds. The average Bonchev–Trinajstić information content (AvgIpc) is 2.79. The molecule has 0 saturated carbocycles. The largest absolute Gasteiger partial charge is 0.393 e. The molecule has 1 aliphatic rings. The van der Waals surface area contributed by atoms with Crippen molar-refractivity contribution in [1.82, 2.24) is 19.7 Å². The predicted octanol–water partition coefficient (Wildman–Crippen LogP) is 0.891. The number of likely N-dealkylation sites (tertiary alicyclic amines) is 1. The van der Waals surface area contributed by atoms with Crippen LogP contribution in [0, 0.1) is 5.92 Å². The minimum Gasteiger partial charge on any atom is -0.393 e. The maximum Gasteiger partial charge on any atom is 0.140 e. The smallest absolute Gasteiger partial charge is 0.140 e. The van der Waals surface area contributed by atoms with E-state index in [1.807, 2.05) is 4.68 Å². The van der Waals surface area contributed by atoms with Crippen molar-refractivity contribution in [2.75, 3.05) is 13.1 Å². The van der Waals surface area contributed by atoms with E-state index in [-0.39, 0.29) is 6.10 Å². The second kappa shape index (κ2) is 5.60. The zero-order valence-corrected chi connectivity index (χ0v) is 10.7. The maximum absolute atomic E-state index is 9.85. The molecule has 1 aromatic heterocycles. The summed E-state index contributed by atoms with van der Waals surface area (Å²) in [6.45, 7) is 7.85. The van der Waals surface area contributed by atoms with Gasteiger partial charge in [0.05, 0.1) is 12.6 Å². The summed E-state index contributed by atoms with van der Waals surface area (Å²) in [4.78, 5) is 6.67. The highest BCUT2D eigenvalue weighted by Crippen LogP contribution is 2.21. The molecule has 1 aliphatic heterocycles. The van der Waals surface area contributed by atoms with E-state index in [4.69, 9.17) is 0 Å². The molecular weight excluding hydrogens is 216 g/mol. The molecule has 2 heterocycles. The van der Waals surface area contributed by atoms with Crippen molar-refractivity contribution in [3.63, 3.8) is 0 Å². The molecule has 17 heavy (non-hydrogen) atoms. The minimum atomic E-state index is -0.125. The van der Waals surface area contributed by atoms with Crippen LogP contribution in [0.2, 0.25) is 0 Å². The molecule has 0 spiro atoms. The van der Waals surface area contributed by atoms with Crippen LogP contribution in [0.5, 0.6) is 0 Å². The standard InChI is InChI=1S/C12H22N4O/c1-3-10-7-15(6-5-11(10)17)8-12-13-9-14-16(12)4-2/h9-11,17H,3-8H2,1-2H3. The Morgan fingerprint density at radius 1 is 1.47 bits per heavy atom. The Hall–Kier alpha value is -0.940. The number of aliphatic hydroxyl groups is 1. The summed E-state index contributed by atoms with van der Waals surface area (Å²) < 4.78 is 1.94. The van der Waals surface area contributed by atoms with E-state index in [1.165, 1.54) is 0 Å². The van der Waals surface area contributed by atoms with E-state index in [0.29, 0.717) is 5.92 Å². The Bertz CT molecular complexity index is 352. The Morgan fingerprint density at radius 3 is 3.00 bits per heavy atom. The van der Waals surface area contributed by atoms with E-state index >= 15 is 0 Å². The van der Waals surface area contributed by atoms with Crippen molar-refractivity contribution in [2.45, 2.75) is 45.9 Å². The Balaban J connectivity index is 1.95. The van der Waals surface area contributed by atoms with Gasteiger partial charge in [0, 0.05) is 19.6 Å². The Labute approximate surface area is 102 Å². The molecular formula is C12H22N4O. The van der Waals surface area contributed by atoms with Gasteiger partial charge in [0.25, 0.3) is 0 Å². The number of aliphatic hydroxyl groups excluding tert-OH is 1. The molecule has 0 aromatic carbocycles. The first-order chi connectivity index (χ1) is 8.24. The summed E-state index contributed by atoms with van der Waals surface area (Å²) in [5.74, 6) is 1.43. The van der Waals surface area contributed by atoms with Crippen molar-refractivity contribution >= 4 is 0 Å². The number of hydrogen-bond acceptors (Lipinski definition) is 4. The normalized spacial score (nSPS) is 26.3. The molecule has 0 radical (unpaired) electrons. The summed E-state index contributed by atoms with van der Waals surface area (Å²) >= 11 is 0. The highest BCUT2D eigenvalue weighted by molar-refractivity contribution is 4.87. The number of aromatic nitrogens is 3. The van der Waals surface area contributed by atoms with Crippen LogP contribution in [0.15, 0.2) is 6.33 Å². The van der Waals surface area contributed by atoms with Gasteiger partial charge in [0.2, 0.25) is 0 Å². The summed E-state index contributed by atoms with van der Waals surface area (Å²) in [6, 6.07) is 0.